The first-order chi connectivity index (χ1) is 9.02. The maximum Gasteiger partial charge on any atom is 0.242 e. The van der Waals surface area contributed by atoms with Crippen molar-refractivity contribution in [2.24, 2.45) is 0 Å². The Morgan fingerprint density at radius 3 is 2.74 bits per heavy atom. The Kier molecular flexibility index (Phi) is 4.04. The van der Waals surface area contributed by atoms with Crippen LogP contribution in [0.3, 0.4) is 0 Å². The highest BCUT2D eigenvalue weighted by molar-refractivity contribution is 6.17. The number of hydrogen-bond acceptors (Lipinski definition) is 3. The highest BCUT2D eigenvalue weighted by Crippen LogP contribution is 2.16. The molecule has 0 aliphatic rings. The lowest BCUT2D eigenvalue weighted by atomic mass is 10.3. The van der Waals surface area contributed by atoms with Crippen LogP contribution in [0.1, 0.15) is 11.5 Å². The summed E-state index contributed by atoms with van der Waals surface area (Å²) < 4.78 is 1.85. The highest BCUT2D eigenvalue weighted by atomic mass is 35.5. The van der Waals surface area contributed by atoms with E-state index >= 15 is 0 Å². The molecule has 0 atom stereocenters. The van der Waals surface area contributed by atoms with Gasteiger partial charge in [0.15, 0.2) is 5.65 Å². The summed E-state index contributed by atoms with van der Waals surface area (Å²) in [6.07, 6.45) is 0.623. The number of carbonyl (C=O) groups is 1. The van der Waals surface area contributed by atoms with E-state index in [2.05, 4.69) is 9.97 Å². The minimum Gasteiger partial charge on any atom is -0.347 e. The van der Waals surface area contributed by atoms with E-state index in [9.17, 15) is 4.79 Å². The van der Waals surface area contributed by atoms with Gasteiger partial charge >= 0.3 is 0 Å². The van der Waals surface area contributed by atoms with Gasteiger partial charge in [-0.15, -0.1) is 11.6 Å². The standard InChI is InChI=1S/C13H17ClN4O/c1-9-4-5-10-13(15-9)18(8-12(19)17(2)3)11(16-10)6-7-14/h4-5H,6-8H2,1-3H3. The number of pyridine rings is 1. The van der Waals surface area contributed by atoms with Crippen LogP contribution in [0.15, 0.2) is 12.1 Å². The summed E-state index contributed by atoms with van der Waals surface area (Å²) in [5.41, 5.74) is 2.45. The Balaban J connectivity index is 2.50. The second-order valence-electron chi connectivity index (χ2n) is 4.64. The first kappa shape index (κ1) is 13.8. The lowest BCUT2D eigenvalue weighted by molar-refractivity contribution is -0.129. The van der Waals surface area contributed by atoms with Gasteiger partial charge in [0.05, 0.1) is 0 Å². The molecule has 6 heteroatoms. The van der Waals surface area contributed by atoms with Crippen LogP contribution in [-0.2, 0) is 17.8 Å². The fraction of sp³-hybridized carbons (Fsp3) is 0.462. The van der Waals surface area contributed by atoms with Crippen molar-refractivity contribution < 1.29 is 4.79 Å². The predicted octanol–water partition coefficient (Wildman–Crippen LogP) is 1.61. The average molecular weight is 281 g/mol. The molecule has 0 aliphatic carbocycles. The van der Waals surface area contributed by atoms with Crippen molar-refractivity contribution in [1.29, 1.82) is 0 Å². The first-order valence-corrected chi connectivity index (χ1v) is 6.65. The SMILES string of the molecule is Cc1ccc2nc(CCCl)n(CC(=O)N(C)C)c2n1. The highest BCUT2D eigenvalue weighted by Gasteiger charge is 2.15. The summed E-state index contributed by atoms with van der Waals surface area (Å²) in [7, 11) is 3.47. The van der Waals surface area contributed by atoms with Gasteiger partial charge in [-0.05, 0) is 19.1 Å². The summed E-state index contributed by atoms with van der Waals surface area (Å²) >= 11 is 5.80. The molecule has 0 N–H and O–H groups in total. The Morgan fingerprint density at radius 2 is 2.11 bits per heavy atom. The summed E-state index contributed by atoms with van der Waals surface area (Å²) in [6, 6.07) is 3.84. The van der Waals surface area contributed by atoms with Gasteiger partial charge < -0.3 is 9.47 Å². The Bertz CT molecular complexity index is 606. The zero-order valence-corrected chi connectivity index (χ0v) is 12.1. The van der Waals surface area contributed by atoms with E-state index in [-0.39, 0.29) is 12.5 Å². The van der Waals surface area contributed by atoms with Gasteiger partial charge in [-0.3, -0.25) is 4.79 Å². The second-order valence-corrected chi connectivity index (χ2v) is 5.01. The molecule has 0 saturated heterocycles. The molecule has 0 radical (unpaired) electrons. The van der Waals surface area contributed by atoms with Gasteiger partial charge in [0.2, 0.25) is 5.91 Å². The maximum atomic E-state index is 11.9. The van der Waals surface area contributed by atoms with Gasteiger partial charge in [-0.25, -0.2) is 9.97 Å². The van der Waals surface area contributed by atoms with Gasteiger partial charge in [-0.2, -0.15) is 0 Å². The number of carbonyl (C=O) groups excluding carboxylic acids is 1. The molecule has 2 rings (SSSR count). The first-order valence-electron chi connectivity index (χ1n) is 6.12. The van der Waals surface area contributed by atoms with E-state index < -0.39 is 0 Å². The quantitative estimate of drug-likeness (QED) is 0.800. The zero-order valence-electron chi connectivity index (χ0n) is 11.4. The van der Waals surface area contributed by atoms with Crippen molar-refractivity contribution >= 4 is 28.7 Å². The van der Waals surface area contributed by atoms with Crippen molar-refractivity contribution in [2.45, 2.75) is 19.9 Å². The third-order valence-corrected chi connectivity index (χ3v) is 3.11. The van der Waals surface area contributed by atoms with Crippen LogP contribution < -0.4 is 0 Å². The van der Waals surface area contributed by atoms with Gasteiger partial charge in [0, 0.05) is 32.1 Å². The van der Waals surface area contributed by atoms with Crippen molar-refractivity contribution in [3.63, 3.8) is 0 Å². The van der Waals surface area contributed by atoms with Crippen LogP contribution in [-0.4, -0.2) is 45.3 Å². The number of amides is 1. The Morgan fingerprint density at radius 1 is 1.37 bits per heavy atom. The third-order valence-electron chi connectivity index (χ3n) is 2.92. The zero-order chi connectivity index (χ0) is 14.0. The van der Waals surface area contributed by atoms with Gasteiger partial charge in [0.25, 0.3) is 0 Å². The summed E-state index contributed by atoms with van der Waals surface area (Å²) in [5, 5.41) is 0. The third kappa shape index (κ3) is 2.87. The number of fused-ring (bicyclic) bond motifs is 1. The van der Waals surface area contributed by atoms with Crippen LogP contribution in [0.4, 0.5) is 0 Å². The minimum absolute atomic E-state index is 0.0124. The molecule has 0 bridgehead atoms. The van der Waals surface area contributed by atoms with Gasteiger partial charge in [-0.1, -0.05) is 0 Å². The number of alkyl halides is 1. The van der Waals surface area contributed by atoms with Crippen LogP contribution in [0.25, 0.3) is 11.2 Å². The average Bonchev–Trinajstić information content (AvgIpc) is 2.68. The molecule has 0 fully saturated rings. The lowest BCUT2D eigenvalue weighted by Crippen LogP contribution is -2.27. The lowest BCUT2D eigenvalue weighted by Gasteiger charge is -2.12. The molecule has 102 valence electrons. The molecule has 0 spiro atoms. The van der Waals surface area contributed by atoms with Crippen LogP contribution in [0.5, 0.6) is 0 Å². The fourth-order valence-corrected chi connectivity index (χ4v) is 2.03. The molecular formula is C13H17ClN4O. The normalized spacial score (nSPS) is 10.9. The number of aromatic nitrogens is 3. The number of halogens is 1. The van der Waals surface area contributed by atoms with Crippen LogP contribution in [0.2, 0.25) is 0 Å². The minimum atomic E-state index is 0.0124. The number of nitrogens with zero attached hydrogens (tertiary/aromatic N) is 4. The van der Waals surface area contributed by atoms with E-state index in [1.807, 2.05) is 23.6 Å². The number of likely N-dealkylation sites (N-methyl/N-ethyl adjacent to an activating group) is 1. The summed E-state index contributed by atoms with van der Waals surface area (Å²) in [5.74, 6) is 1.29. The van der Waals surface area contributed by atoms with Crippen molar-refractivity contribution in [3.05, 3.63) is 23.7 Å². The molecule has 19 heavy (non-hydrogen) atoms. The van der Waals surface area contributed by atoms with Crippen LogP contribution >= 0.6 is 11.6 Å². The molecule has 0 aromatic carbocycles. The molecule has 0 aliphatic heterocycles. The molecule has 0 unspecified atom stereocenters. The maximum absolute atomic E-state index is 11.9. The fourth-order valence-electron chi connectivity index (χ4n) is 1.86. The molecule has 0 saturated carbocycles. The van der Waals surface area contributed by atoms with E-state index in [1.165, 1.54) is 0 Å². The largest absolute Gasteiger partial charge is 0.347 e. The van der Waals surface area contributed by atoms with E-state index in [4.69, 9.17) is 11.6 Å². The second kappa shape index (κ2) is 5.57. The monoisotopic (exact) mass is 280 g/mol. The van der Waals surface area contributed by atoms with E-state index in [0.717, 1.165) is 22.7 Å². The smallest absolute Gasteiger partial charge is 0.242 e. The summed E-state index contributed by atoms with van der Waals surface area (Å²) in [6.45, 7) is 2.16. The number of aryl methyl sites for hydroxylation is 2. The molecule has 1 amide bonds. The van der Waals surface area contributed by atoms with Crippen LogP contribution in [0, 0.1) is 6.92 Å². The number of imidazole rings is 1. The summed E-state index contributed by atoms with van der Waals surface area (Å²) in [4.78, 5) is 22.5. The molecular weight excluding hydrogens is 264 g/mol. The van der Waals surface area contributed by atoms with Gasteiger partial charge in [0.1, 0.15) is 17.9 Å². The van der Waals surface area contributed by atoms with Crippen molar-refractivity contribution in [2.75, 3.05) is 20.0 Å². The number of rotatable bonds is 4. The Labute approximate surface area is 117 Å². The van der Waals surface area contributed by atoms with Crippen molar-refractivity contribution in [1.82, 2.24) is 19.4 Å². The van der Waals surface area contributed by atoms with E-state index in [1.54, 1.807) is 19.0 Å². The molecule has 2 aromatic rings. The molecule has 2 heterocycles. The van der Waals surface area contributed by atoms with E-state index in [0.29, 0.717) is 12.3 Å². The topological polar surface area (TPSA) is 51.0 Å². The Hall–Kier alpha value is -1.62. The molecule has 2 aromatic heterocycles. The predicted molar refractivity (Wildman–Crippen MR) is 75.4 cm³/mol. The molecule has 5 nitrogen and oxygen atoms in total. The van der Waals surface area contributed by atoms with Crippen molar-refractivity contribution in [3.8, 4) is 0 Å². The number of hydrogen-bond donors (Lipinski definition) is 0.